The van der Waals surface area contributed by atoms with Crippen molar-refractivity contribution in [3.63, 3.8) is 0 Å². The first-order chi connectivity index (χ1) is 11.4. The SMILES string of the molecule is c1ccc(N2CCC(c3cnc(-c4ncc[nH]4)cn3)CC2)nc1. The van der Waals surface area contributed by atoms with Gasteiger partial charge in [0.05, 0.1) is 11.9 Å². The van der Waals surface area contributed by atoms with E-state index >= 15 is 0 Å². The minimum absolute atomic E-state index is 0.466. The summed E-state index contributed by atoms with van der Waals surface area (Å²) in [6.07, 6.45) is 11.2. The Hall–Kier alpha value is -2.76. The van der Waals surface area contributed by atoms with Crippen molar-refractivity contribution in [3.05, 3.63) is 54.9 Å². The van der Waals surface area contributed by atoms with E-state index in [9.17, 15) is 0 Å². The van der Waals surface area contributed by atoms with Gasteiger partial charge in [-0.25, -0.2) is 15.0 Å². The maximum absolute atomic E-state index is 4.60. The largest absolute Gasteiger partial charge is 0.357 e. The molecular formula is C17H18N6. The number of H-pyrrole nitrogens is 1. The van der Waals surface area contributed by atoms with E-state index in [0.29, 0.717) is 5.92 Å². The number of nitrogens with zero attached hydrogens (tertiary/aromatic N) is 5. The Morgan fingerprint density at radius 2 is 1.87 bits per heavy atom. The molecule has 3 aromatic rings. The van der Waals surface area contributed by atoms with Crippen molar-refractivity contribution in [1.29, 1.82) is 0 Å². The molecule has 1 N–H and O–H groups in total. The highest BCUT2D eigenvalue weighted by Gasteiger charge is 2.22. The lowest BCUT2D eigenvalue weighted by atomic mass is 9.94. The van der Waals surface area contributed by atoms with E-state index in [4.69, 9.17) is 0 Å². The maximum Gasteiger partial charge on any atom is 0.157 e. The molecule has 0 bridgehead atoms. The van der Waals surface area contributed by atoms with Gasteiger partial charge in [0.15, 0.2) is 5.82 Å². The predicted octanol–water partition coefficient (Wildman–Crippen LogP) is 2.65. The molecule has 23 heavy (non-hydrogen) atoms. The van der Waals surface area contributed by atoms with E-state index in [0.717, 1.165) is 49.0 Å². The summed E-state index contributed by atoms with van der Waals surface area (Å²) in [5.74, 6) is 2.28. The molecule has 4 heterocycles. The van der Waals surface area contributed by atoms with Gasteiger partial charge in [-0.1, -0.05) is 6.07 Å². The van der Waals surface area contributed by atoms with Crippen LogP contribution in [0.2, 0.25) is 0 Å². The van der Waals surface area contributed by atoms with Crippen molar-refractivity contribution in [1.82, 2.24) is 24.9 Å². The Morgan fingerprint density at radius 1 is 0.957 bits per heavy atom. The third kappa shape index (κ3) is 2.92. The fourth-order valence-corrected chi connectivity index (χ4v) is 3.02. The van der Waals surface area contributed by atoms with E-state index in [1.165, 1.54) is 0 Å². The van der Waals surface area contributed by atoms with Gasteiger partial charge in [-0.05, 0) is 25.0 Å². The molecule has 6 nitrogen and oxygen atoms in total. The fraction of sp³-hybridized carbons (Fsp3) is 0.294. The summed E-state index contributed by atoms with van der Waals surface area (Å²) in [4.78, 5) is 23.1. The molecule has 0 radical (unpaired) electrons. The van der Waals surface area contributed by atoms with Crippen molar-refractivity contribution >= 4 is 5.82 Å². The summed E-state index contributed by atoms with van der Waals surface area (Å²) in [7, 11) is 0. The molecule has 6 heteroatoms. The Labute approximate surface area is 134 Å². The number of hydrogen-bond donors (Lipinski definition) is 1. The highest BCUT2D eigenvalue weighted by molar-refractivity contribution is 5.46. The second-order valence-electron chi connectivity index (χ2n) is 5.71. The molecule has 0 spiro atoms. The van der Waals surface area contributed by atoms with Crippen LogP contribution < -0.4 is 4.90 Å². The van der Waals surface area contributed by atoms with Gasteiger partial charge in [-0.2, -0.15) is 0 Å². The van der Waals surface area contributed by atoms with Gasteiger partial charge in [0.25, 0.3) is 0 Å². The van der Waals surface area contributed by atoms with Gasteiger partial charge in [-0.3, -0.25) is 4.98 Å². The highest BCUT2D eigenvalue weighted by Crippen LogP contribution is 2.28. The number of nitrogens with one attached hydrogen (secondary N) is 1. The fourth-order valence-electron chi connectivity index (χ4n) is 3.02. The molecule has 1 saturated heterocycles. The third-order valence-electron chi connectivity index (χ3n) is 4.30. The molecule has 3 aromatic heterocycles. The number of aromatic amines is 1. The number of imidazole rings is 1. The lowest BCUT2D eigenvalue weighted by Gasteiger charge is -2.32. The lowest BCUT2D eigenvalue weighted by molar-refractivity contribution is 0.492. The summed E-state index contributed by atoms with van der Waals surface area (Å²) < 4.78 is 0. The number of piperidine rings is 1. The molecule has 0 unspecified atom stereocenters. The van der Waals surface area contributed by atoms with Crippen LogP contribution >= 0.6 is 0 Å². The summed E-state index contributed by atoms with van der Waals surface area (Å²) in [6.45, 7) is 2.01. The molecule has 1 aliphatic rings. The maximum atomic E-state index is 4.60. The minimum Gasteiger partial charge on any atom is -0.357 e. The summed E-state index contributed by atoms with van der Waals surface area (Å²) >= 11 is 0. The van der Waals surface area contributed by atoms with Crippen LogP contribution in [0.1, 0.15) is 24.5 Å². The van der Waals surface area contributed by atoms with Crippen molar-refractivity contribution < 1.29 is 0 Å². The van der Waals surface area contributed by atoms with E-state index in [-0.39, 0.29) is 0 Å². The number of anilines is 1. The molecule has 116 valence electrons. The standard InChI is InChI=1S/C17H18N6/c1-2-6-18-16(3-1)23-9-4-13(5-10-23)14-11-22-15(12-21-14)17-19-7-8-20-17/h1-3,6-8,11-13H,4-5,9-10H2,(H,19,20). The zero-order valence-electron chi connectivity index (χ0n) is 12.8. The molecule has 1 fully saturated rings. The minimum atomic E-state index is 0.466. The Morgan fingerprint density at radius 3 is 2.52 bits per heavy atom. The second-order valence-corrected chi connectivity index (χ2v) is 5.71. The first kappa shape index (κ1) is 13.9. The molecule has 0 amide bonds. The summed E-state index contributed by atoms with van der Waals surface area (Å²) in [5.41, 5.74) is 1.85. The third-order valence-corrected chi connectivity index (χ3v) is 4.30. The van der Waals surface area contributed by atoms with Gasteiger partial charge in [-0.15, -0.1) is 0 Å². The number of rotatable bonds is 3. The van der Waals surface area contributed by atoms with Crippen LogP contribution in [0.4, 0.5) is 5.82 Å². The van der Waals surface area contributed by atoms with Gasteiger partial charge >= 0.3 is 0 Å². The molecule has 0 aromatic carbocycles. The Bertz CT molecular complexity index is 731. The zero-order valence-corrected chi connectivity index (χ0v) is 12.8. The highest BCUT2D eigenvalue weighted by atomic mass is 15.2. The molecule has 0 aliphatic carbocycles. The smallest absolute Gasteiger partial charge is 0.157 e. The quantitative estimate of drug-likeness (QED) is 0.805. The summed E-state index contributed by atoms with van der Waals surface area (Å²) in [6, 6.07) is 6.05. The molecular weight excluding hydrogens is 288 g/mol. The monoisotopic (exact) mass is 306 g/mol. The molecule has 0 saturated carbocycles. The van der Waals surface area contributed by atoms with Crippen molar-refractivity contribution in [2.75, 3.05) is 18.0 Å². The normalized spacial score (nSPS) is 15.7. The number of hydrogen-bond acceptors (Lipinski definition) is 5. The zero-order chi connectivity index (χ0) is 15.5. The predicted molar refractivity (Wildman–Crippen MR) is 88.0 cm³/mol. The van der Waals surface area contributed by atoms with Gasteiger partial charge in [0.2, 0.25) is 0 Å². The van der Waals surface area contributed by atoms with E-state index < -0.39 is 0 Å². The summed E-state index contributed by atoms with van der Waals surface area (Å²) in [5, 5.41) is 0. The molecule has 0 atom stereocenters. The molecule has 1 aliphatic heterocycles. The topological polar surface area (TPSA) is 70.6 Å². The van der Waals surface area contributed by atoms with Gasteiger partial charge in [0.1, 0.15) is 11.5 Å². The van der Waals surface area contributed by atoms with Gasteiger partial charge in [0, 0.05) is 43.8 Å². The first-order valence-electron chi connectivity index (χ1n) is 7.88. The van der Waals surface area contributed by atoms with Crippen LogP contribution in [-0.4, -0.2) is 38.0 Å². The van der Waals surface area contributed by atoms with E-state index in [2.05, 4.69) is 35.9 Å². The number of pyridine rings is 1. The molecule has 4 rings (SSSR count). The van der Waals surface area contributed by atoms with Crippen molar-refractivity contribution in [2.24, 2.45) is 0 Å². The Balaban J connectivity index is 1.42. The average molecular weight is 306 g/mol. The van der Waals surface area contributed by atoms with Crippen LogP contribution in [0.5, 0.6) is 0 Å². The second kappa shape index (κ2) is 6.16. The van der Waals surface area contributed by atoms with Gasteiger partial charge < -0.3 is 9.88 Å². The number of aromatic nitrogens is 5. The first-order valence-corrected chi connectivity index (χ1v) is 7.88. The van der Waals surface area contributed by atoms with Crippen LogP contribution in [-0.2, 0) is 0 Å². The van der Waals surface area contributed by atoms with Crippen LogP contribution in [0.3, 0.4) is 0 Å². The lowest BCUT2D eigenvalue weighted by Crippen LogP contribution is -2.33. The van der Waals surface area contributed by atoms with Crippen molar-refractivity contribution in [2.45, 2.75) is 18.8 Å². The average Bonchev–Trinajstić information content (AvgIpc) is 3.18. The van der Waals surface area contributed by atoms with Crippen LogP contribution in [0.25, 0.3) is 11.5 Å². The van der Waals surface area contributed by atoms with Crippen molar-refractivity contribution in [3.8, 4) is 11.5 Å². The Kier molecular flexibility index (Phi) is 3.71. The van der Waals surface area contributed by atoms with Crippen LogP contribution in [0, 0.1) is 0 Å². The van der Waals surface area contributed by atoms with E-state index in [1.54, 1.807) is 18.6 Å². The van der Waals surface area contributed by atoms with E-state index in [1.807, 2.05) is 24.5 Å². The van der Waals surface area contributed by atoms with Crippen LogP contribution in [0.15, 0.2) is 49.2 Å².